The summed E-state index contributed by atoms with van der Waals surface area (Å²) in [6.07, 6.45) is 0. The zero-order valence-corrected chi connectivity index (χ0v) is 13.0. The Balaban J connectivity index is 2.28. The van der Waals surface area contributed by atoms with Crippen LogP contribution in [-0.4, -0.2) is 20.4 Å². The van der Waals surface area contributed by atoms with Gasteiger partial charge in [-0.2, -0.15) is 5.26 Å². The van der Waals surface area contributed by atoms with Gasteiger partial charge in [0.15, 0.2) is 0 Å². The second-order valence-electron chi connectivity index (χ2n) is 4.87. The Hall–Kier alpha value is -2.66. The molecule has 0 bridgehead atoms. The van der Waals surface area contributed by atoms with Crippen LogP contribution in [-0.2, 0) is 0 Å². The van der Waals surface area contributed by atoms with E-state index in [0.29, 0.717) is 16.8 Å². The number of allylic oxidation sites excluding steroid dienone is 1. The van der Waals surface area contributed by atoms with Crippen LogP contribution >= 0.6 is 15.9 Å². The first kappa shape index (κ1) is 14.3. The lowest BCUT2D eigenvalue weighted by molar-refractivity contribution is 0.378. The van der Waals surface area contributed by atoms with Crippen molar-refractivity contribution in [1.82, 2.24) is 10.2 Å². The highest BCUT2D eigenvalue weighted by atomic mass is 79.9. The first-order valence-electron chi connectivity index (χ1n) is 6.27. The first-order chi connectivity index (χ1) is 10.4. The highest BCUT2D eigenvalue weighted by molar-refractivity contribution is 9.10. The fraction of sp³-hybridized carbons (Fsp3) is 0.143. The summed E-state index contributed by atoms with van der Waals surface area (Å²) in [6.45, 7) is 1.79. The van der Waals surface area contributed by atoms with E-state index in [1.165, 1.54) is 12.1 Å². The number of nitrogens with zero attached hydrogens (tertiary/aromatic N) is 2. The molecule has 0 radical (unpaired) electrons. The van der Waals surface area contributed by atoms with Crippen molar-refractivity contribution in [3.05, 3.63) is 44.9 Å². The zero-order valence-electron chi connectivity index (χ0n) is 11.4. The van der Waals surface area contributed by atoms with E-state index < -0.39 is 5.92 Å². The molecule has 0 amide bonds. The van der Waals surface area contributed by atoms with E-state index in [9.17, 15) is 15.5 Å². The van der Waals surface area contributed by atoms with Gasteiger partial charge in [0.05, 0.1) is 5.92 Å². The molecule has 7 nitrogen and oxygen atoms in total. The molecule has 1 aliphatic heterocycles. The lowest BCUT2D eigenvalue weighted by Crippen LogP contribution is -2.21. The molecule has 112 valence electrons. The molecule has 0 unspecified atom stereocenters. The number of ether oxygens (including phenoxy) is 1. The highest BCUT2D eigenvalue weighted by Gasteiger charge is 2.34. The van der Waals surface area contributed by atoms with Gasteiger partial charge in [-0.15, -0.1) is 5.10 Å². The number of nitriles is 1. The molecule has 0 aliphatic carbocycles. The molecular weight excluding hydrogens is 352 g/mol. The number of hydrogen-bond donors (Lipinski definition) is 4. The molecule has 8 heteroatoms. The fourth-order valence-corrected chi connectivity index (χ4v) is 2.74. The largest absolute Gasteiger partial charge is 0.507 e. The smallest absolute Gasteiger partial charge is 0.244 e. The summed E-state index contributed by atoms with van der Waals surface area (Å²) in [5, 5.41) is 36.0. The Morgan fingerprint density at radius 2 is 2.05 bits per heavy atom. The Bertz CT molecular complexity index is 827. The molecule has 1 aromatic heterocycles. The minimum Gasteiger partial charge on any atom is -0.507 e. The molecule has 22 heavy (non-hydrogen) atoms. The summed E-state index contributed by atoms with van der Waals surface area (Å²) in [7, 11) is 0. The molecule has 3 rings (SSSR count). The summed E-state index contributed by atoms with van der Waals surface area (Å²) in [6, 6.07) is 4.94. The number of rotatable bonds is 1. The molecule has 5 N–H and O–H groups in total. The topological polar surface area (TPSA) is 128 Å². The fourth-order valence-electron chi connectivity index (χ4n) is 2.51. The molecule has 0 spiro atoms. The van der Waals surface area contributed by atoms with E-state index in [2.05, 4.69) is 26.1 Å². The van der Waals surface area contributed by atoms with Crippen LogP contribution in [0.25, 0.3) is 0 Å². The number of phenols is 2. The highest BCUT2D eigenvalue weighted by Crippen LogP contribution is 2.45. The predicted molar refractivity (Wildman–Crippen MR) is 80.1 cm³/mol. The Labute approximate surface area is 133 Å². The number of aromatic amines is 1. The number of halogens is 1. The van der Waals surface area contributed by atoms with Crippen molar-refractivity contribution in [2.24, 2.45) is 5.73 Å². The maximum absolute atomic E-state index is 9.91. The number of H-pyrrole nitrogens is 1. The van der Waals surface area contributed by atoms with Crippen LogP contribution in [0, 0.1) is 18.3 Å². The van der Waals surface area contributed by atoms with Gasteiger partial charge >= 0.3 is 0 Å². The summed E-state index contributed by atoms with van der Waals surface area (Å²) in [4.78, 5) is 0. The molecular formula is C14H11BrN4O3. The molecule has 0 fully saturated rings. The van der Waals surface area contributed by atoms with Gasteiger partial charge in [-0.25, -0.2) is 0 Å². The van der Waals surface area contributed by atoms with Crippen LogP contribution in [0.1, 0.15) is 22.7 Å². The number of nitrogens with one attached hydrogen (secondary N) is 1. The van der Waals surface area contributed by atoms with Crippen molar-refractivity contribution in [2.75, 3.05) is 0 Å². The average molecular weight is 363 g/mol. The van der Waals surface area contributed by atoms with Gasteiger partial charge in [-0.3, -0.25) is 5.10 Å². The average Bonchev–Trinajstić information content (AvgIpc) is 2.83. The van der Waals surface area contributed by atoms with Crippen molar-refractivity contribution in [2.45, 2.75) is 12.8 Å². The van der Waals surface area contributed by atoms with E-state index in [1.54, 1.807) is 6.92 Å². The molecule has 1 aliphatic rings. The SMILES string of the molecule is Cc1[nH]nc2c1[C@H](c1cc(O)c(Br)c(O)c1)C(C#N)=C(N)O2. The van der Waals surface area contributed by atoms with Crippen LogP contribution in [0.5, 0.6) is 17.4 Å². The second kappa shape index (κ2) is 4.96. The van der Waals surface area contributed by atoms with Crippen molar-refractivity contribution in [1.29, 1.82) is 5.26 Å². The Morgan fingerprint density at radius 1 is 1.41 bits per heavy atom. The molecule has 0 saturated heterocycles. The van der Waals surface area contributed by atoms with Gasteiger partial charge < -0.3 is 20.7 Å². The molecule has 2 heterocycles. The van der Waals surface area contributed by atoms with E-state index in [1.807, 2.05) is 6.07 Å². The van der Waals surface area contributed by atoms with E-state index >= 15 is 0 Å². The van der Waals surface area contributed by atoms with Gasteiger partial charge in [0.25, 0.3) is 0 Å². The van der Waals surface area contributed by atoms with Crippen molar-refractivity contribution in [3.63, 3.8) is 0 Å². The van der Waals surface area contributed by atoms with Gasteiger partial charge in [0, 0.05) is 11.3 Å². The normalized spacial score (nSPS) is 16.9. The number of phenolic OH excluding ortho intramolecular Hbond substituents is 2. The van der Waals surface area contributed by atoms with Gasteiger partial charge in [0.1, 0.15) is 27.6 Å². The van der Waals surface area contributed by atoms with E-state index in [0.717, 1.165) is 0 Å². The summed E-state index contributed by atoms with van der Waals surface area (Å²) in [5.74, 6) is -0.633. The summed E-state index contributed by atoms with van der Waals surface area (Å²) >= 11 is 3.08. The second-order valence-corrected chi connectivity index (χ2v) is 5.66. The monoisotopic (exact) mass is 362 g/mol. The van der Waals surface area contributed by atoms with Crippen LogP contribution in [0.4, 0.5) is 0 Å². The Morgan fingerprint density at radius 3 is 2.64 bits per heavy atom. The van der Waals surface area contributed by atoms with Gasteiger partial charge in [-0.05, 0) is 40.5 Å². The van der Waals surface area contributed by atoms with Crippen LogP contribution in [0.15, 0.2) is 28.1 Å². The third-order valence-corrected chi connectivity index (χ3v) is 4.33. The third kappa shape index (κ3) is 1.98. The minimum atomic E-state index is -0.586. The Kier molecular flexibility index (Phi) is 3.22. The summed E-state index contributed by atoms with van der Waals surface area (Å²) in [5.41, 5.74) is 7.85. The lowest BCUT2D eigenvalue weighted by atomic mass is 9.84. The maximum Gasteiger partial charge on any atom is 0.244 e. The molecule has 1 atom stereocenters. The number of benzene rings is 1. The molecule has 2 aromatic rings. The van der Waals surface area contributed by atoms with Crippen molar-refractivity contribution >= 4 is 15.9 Å². The predicted octanol–water partition coefficient (Wildman–Crippen LogP) is 2.11. The van der Waals surface area contributed by atoms with Crippen molar-refractivity contribution < 1.29 is 14.9 Å². The number of aryl methyl sites for hydroxylation is 1. The van der Waals surface area contributed by atoms with Gasteiger partial charge in [-0.1, -0.05) is 0 Å². The zero-order chi connectivity index (χ0) is 16.0. The number of aromatic nitrogens is 2. The standard InChI is InChI=1S/C14H11BrN4O3/c1-5-10-11(6-2-8(20)12(15)9(21)3-6)7(4-16)13(17)22-14(10)19-18-5/h2-3,11,20-21H,17H2,1H3,(H,18,19)/t11-/m1/s1. The van der Waals surface area contributed by atoms with E-state index in [4.69, 9.17) is 10.5 Å². The first-order valence-corrected chi connectivity index (χ1v) is 7.07. The van der Waals surface area contributed by atoms with Crippen LogP contribution < -0.4 is 10.5 Å². The van der Waals surface area contributed by atoms with Crippen molar-refractivity contribution in [3.8, 4) is 23.4 Å². The molecule has 0 saturated carbocycles. The molecule has 1 aromatic carbocycles. The van der Waals surface area contributed by atoms with Crippen LogP contribution in [0.3, 0.4) is 0 Å². The quantitative estimate of drug-likeness (QED) is 0.614. The number of hydrogen-bond acceptors (Lipinski definition) is 6. The lowest BCUT2D eigenvalue weighted by Gasteiger charge is -2.24. The number of aromatic hydroxyl groups is 2. The van der Waals surface area contributed by atoms with Crippen LogP contribution in [0.2, 0.25) is 0 Å². The van der Waals surface area contributed by atoms with Gasteiger partial charge in [0.2, 0.25) is 11.8 Å². The van der Waals surface area contributed by atoms with E-state index in [-0.39, 0.29) is 33.3 Å². The maximum atomic E-state index is 9.91. The summed E-state index contributed by atoms with van der Waals surface area (Å²) < 4.78 is 5.53. The third-order valence-electron chi connectivity index (χ3n) is 3.52. The minimum absolute atomic E-state index is 0.0478. The number of fused-ring (bicyclic) bond motifs is 1. The number of nitrogens with two attached hydrogens (primary N) is 1.